The van der Waals surface area contributed by atoms with E-state index in [-0.39, 0.29) is 29.5 Å². The first-order chi connectivity index (χ1) is 11.0. The van der Waals surface area contributed by atoms with Crippen LogP contribution in [0.3, 0.4) is 0 Å². The molecule has 2 aliphatic heterocycles. The zero-order valence-corrected chi connectivity index (χ0v) is 13.9. The highest BCUT2D eigenvalue weighted by Gasteiger charge is 2.69. The average Bonchev–Trinajstić information content (AvgIpc) is 3.25. The van der Waals surface area contributed by atoms with E-state index in [4.69, 9.17) is 9.47 Å². The van der Waals surface area contributed by atoms with Crippen LogP contribution in [0, 0.1) is 52.8 Å². The molecule has 9 unspecified atom stereocenters. The van der Waals surface area contributed by atoms with E-state index in [2.05, 4.69) is 13.8 Å². The molecule has 6 aliphatic rings. The minimum absolute atomic E-state index is 0.00874. The monoisotopic (exact) mass is 318 g/mol. The molecule has 4 nitrogen and oxygen atoms in total. The van der Waals surface area contributed by atoms with E-state index in [9.17, 15) is 9.90 Å². The number of hydrogen-bond acceptors (Lipinski definition) is 4. The lowest BCUT2D eigenvalue weighted by atomic mass is 9.66. The zero-order valence-electron chi connectivity index (χ0n) is 13.9. The van der Waals surface area contributed by atoms with Crippen LogP contribution in [0.15, 0.2) is 0 Å². The Morgan fingerprint density at radius 3 is 2.87 bits per heavy atom. The summed E-state index contributed by atoms with van der Waals surface area (Å²) in [6.07, 6.45) is 4.50. The maximum atomic E-state index is 12.4. The van der Waals surface area contributed by atoms with Crippen LogP contribution in [-0.4, -0.2) is 29.6 Å². The minimum Gasteiger partial charge on any atom is -0.462 e. The summed E-state index contributed by atoms with van der Waals surface area (Å²) >= 11 is 0. The molecule has 4 heteroatoms. The zero-order chi connectivity index (χ0) is 15.7. The van der Waals surface area contributed by atoms with Gasteiger partial charge in [0, 0.05) is 11.3 Å². The van der Waals surface area contributed by atoms with Gasteiger partial charge in [-0.3, -0.25) is 4.79 Å². The minimum atomic E-state index is -0.577. The van der Waals surface area contributed by atoms with Crippen LogP contribution in [0.4, 0.5) is 0 Å². The summed E-state index contributed by atoms with van der Waals surface area (Å²) in [6, 6.07) is 0. The van der Waals surface area contributed by atoms with E-state index in [1.165, 1.54) is 12.8 Å². The second kappa shape index (κ2) is 3.96. The molecule has 0 aromatic heterocycles. The van der Waals surface area contributed by atoms with Crippen molar-refractivity contribution in [2.75, 3.05) is 0 Å². The van der Waals surface area contributed by atoms with Crippen molar-refractivity contribution >= 4 is 5.97 Å². The number of esters is 1. The van der Waals surface area contributed by atoms with Gasteiger partial charge in [-0.2, -0.15) is 0 Å². The largest absolute Gasteiger partial charge is 0.462 e. The first kappa shape index (κ1) is 13.7. The van der Waals surface area contributed by atoms with E-state index in [0.29, 0.717) is 41.4 Å². The molecule has 23 heavy (non-hydrogen) atoms. The summed E-state index contributed by atoms with van der Waals surface area (Å²) in [6.45, 7) is 4.49. The maximum Gasteiger partial charge on any atom is 0.309 e. The molecule has 126 valence electrons. The summed E-state index contributed by atoms with van der Waals surface area (Å²) in [4.78, 5) is 12.4. The summed E-state index contributed by atoms with van der Waals surface area (Å²) in [5.41, 5.74) is -0.00874. The molecule has 0 amide bonds. The molecule has 4 saturated carbocycles. The highest BCUT2D eigenvalue weighted by Crippen LogP contribution is 2.68. The topological polar surface area (TPSA) is 55.8 Å². The number of carbonyl (C=O) groups is 1. The third kappa shape index (κ3) is 1.38. The van der Waals surface area contributed by atoms with Crippen LogP contribution < -0.4 is 0 Å². The lowest BCUT2D eigenvalue weighted by Crippen LogP contribution is -2.38. The van der Waals surface area contributed by atoms with Crippen molar-refractivity contribution < 1.29 is 19.4 Å². The van der Waals surface area contributed by atoms with Gasteiger partial charge in [0.25, 0.3) is 0 Å². The Labute approximate surface area is 136 Å². The molecule has 12 atom stereocenters. The average molecular weight is 318 g/mol. The van der Waals surface area contributed by atoms with Gasteiger partial charge in [0.05, 0.1) is 12.0 Å². The van der Waals surface area contributed by atoms with Gasteiger partial charge < -0.3 is 14.6 Å². The highest BCUT2D eigenvalue weighted by molar-refractivity contribution is 5.77. The van der Waals surface area contributed by atoms with Crippen molar-refractivity contribution in [2.24, 2.45) is 52.8 Å². The normalized spacial score (nSPS) is 67.4. The van der Waals surface area contributed by atoms with E-state index < -0.39 is 6.29 Å². The van der Waals surface area contributed by atoms with Crippen molar-refractivity contribution in [3.05, 3.63) is 0 Å². The predicted octanol–water partition coefficient (Wildman–Crippen LogP) is 2.20. The number of ether oxygens (including phenoxy) is 2. The summed E-state index contributed by atoms with van der Waals surface area (Å²) in [5, 5.41) is 10.3. The number of aliphatic hydroxyl groups excluding tert-OH is 1. The number of fused-ring (bicyclic) bond motifs is 2. The Morgan fingerprint density at radius 1 is 1.22 bits per heavy atom. The standard InChI is InChI=1S/C19H26O4/c1-7-9-4-12-14(17(20)22-15(7)12)11(9)5-10-8-3-13-16(10)23-18(21)19(13,2)6-8/h7-16,18,21H,3-6H2,1-2H3/t7-,8?,9?,10-,11?,12?,13?,14?,15?,16?,18?,19-/m1/s1. The van der Waals surface area contributed by atoms with Gasteiger partial charge in [0.1, 0.15) is 6.10 Å². The molecule has 6 fully saturated rings. The van der Waals surface area contributed by atoms with Gasteiger partial charge in [-0.05, 0) is 61.2 Å². The Balaban J connectivity index is 1.29. The Morgan fingerprint density at radius 2 is 2.04 bits per heavy atom. The Bertz CT molecular complexity index is 590. The van der Waals surface area contributed by atoms with Crippen molar-refractivity contribution in [1.82, 2.24) is 0 Å². The Kier molecular flexibility index (Phi) is 2.35. The first-order valence-electron chi connectivity index (χ1n) is 9.53. The van der Waals surface area contributed by atoms with Gasteiger partial charge in [-0.1, -0.05) is 13.8 Å². The molecule has 2 heterocycles. The van der Waals surface area contributed by atoms with Crippen molar-refractivity contribution in [3.63, 3.8) is 0 Å². The second-order valence-corrected chi connectivity index (χ2v) is 9.68. The van der Waals surface area contributed by atoms with E-state index in [1.54, 1.807) is 0 Å². The SMILES string of the molecule is C[C@@H]1C2CC3C(C(=O)OC31)C2C[C@@H]1C2CC3C1OC(O)[C@]3(C)C2. The highest BCUT2D eigenvalue weighted by atomic mass is 16.6. The van der Waals surface area contributed by atoms with Crippen molar-refractivity contribution in [2.45, 2.75) is 58.0 Å². The number of carbonyl (C=O) groups excluding carboxylic acids is 1. The second-order valence-electron chi connectivity index (χ2n) is 9.68. The summed E-state index contributed by atoms with van der Waals surface area (Å²) < 4.78 is 11.7. The van der Waals surface area contributed by atoms with Gasteiger partial charge in [-0.15, -0.1) is 0 Å². The van der Waals surface area contributed by atoms with Crippen LogP contribution in [0.25, 0.3) is 0 Å². The quantitative estimate of drug-likeness (QED) is 0.793. The molecular formula is C19H26O4. The van der Waals surface area contributed by atoms with Crippen LogP contribution in [0.1, 0.15) is 39.5 Å². The summed E-state index contributed by atoms with van der Waals surface area (Å²) in [7, 11) is 0. The third-order valence-corrected chi connectivity index (χ3v) is 9.08. The molecule has 1 N–H and O–H groups in total. The molecule has 6 rings (SSSR count). The molecular weight excluding hydrogens is 292 g/mol. The van der Waals surface area contributed by atoms with Gasteiger partial charge in [0.2, 0.25) is 0 Å². The van der Waals surface area contributed by atoms with E-state index in [0.717, 1.165) is 12.8 Å². The predicted molar refractivity (Wildman–Crippen MR) is 80.9 cm³/mol. The van der Waals surface area contributed by atoms with Gasteiger partial charge in [0.15, 0.2) is 6.29 Å². The fourth-order valence-corrected chi connectivity index (χ4v) is 8.10. The fraction of sp³-hybridized carbons (Fsp3) is 0.947. The van der Waals surface area contributed by atoms with Crippen LogP contribution in [-0.2, 0) is 14.3 Å². The molecule has 0 aromatic rings. The van der Waals surface area contributed by atoms with Gasteiger partial charge in [-0.25, -0.2) is 0 Å². The smallest absolute Gasteiger partial charge is 0.309 e. The maximum absolute atomic E-state index is 12.4. The third-order valence-electron chi connectivity index (χ3n) is 9.08. The first-order valence-corrected chi connectivity index (χ1v) is 9.53. The number of aliphatic hydroxyl groups is 1. The molecule has 0 radical (unpaired) electrons. The van der Waals surface area contributed by atoms with Crippen LogP contribution in [0.5, 0.6) is 0 Å². The van der Waals surface area contributed by atoms with E-state index >= 15 is 0 Å². The lowest BCUT2D eigenvalue weighted by molar-refractivity contribution is -0.145. The Hall–Kier alpha value is -0.610. The number of hydrogen-bond donors (Lipinski definition) is 1. The van der Waals surface area contributed by atoms with Crippen molar-refractivity contribution in [3.8, 4) is 0 Å². The van der Waals surface area contributed by atoms with E-state index in [1.807, 2.05) is 0 Å². The molecule has 4 aliphatic carbocycles. The molecule has 4 bridgehead atoms. The fourth-order valence-electron chi connectivity index (χ4n) is 8.10. The molecule has 2 saturated heterocycles. The molecule has 0 aromatic carbocycles. The lowest BCUT2D eigenvalue weighted by Gasteiger charge is -2.37. The molecule has 0 spiro atoms. The van der Waals surface area contributed by atoms with Crippen LogP contribution >= 0.6 is 0 Å². The van der Waals surface area contributed by atoms with Crippen molar-refractivity contribution in [1.29, 1.82) is 0 Å². The van der Waals surface area contributed by atoms with Crippen LogP contribution in [0.2, 0.25) is 0 Å². The van der Waals surface area contributed by atoms with Gasteiger partial charge >= 0.3 is 5.97 Å². The number of rotatable bonds is 2. The summed E-state index contributed by atoms with van der Waals surface area (Å²) in [5.74, 6) is 4.21.